The van der Waals surface area contributed by atoms with Gasteiger partial charge in [0.2, 0.25) is 5.91 Å². The zero-order chi connectivity index (χ0) is 10.4. The van der Waals surface area contributed by atoms with Gasteiger partial charge in [0.15, 0.2) is 0 Å². The third-order valence-electron chi connectivity index (χ3n) is 3.70. The first kappa shape index (κ1) is 8.96. The fourth-order valence-corrected chi connectivity index (χ4v) is 2.57. The average Bonchev–Trinajstić information content (AvgIpc) is 2.98. The van der Waals surface area contributed by atoms with Crippen molar-refractivity contribution >= 4 is 5.91 Å². The predicted molar refractivity (Wildman–Crippen MR) is 58.2 cm³/mol. The average molecular weight is 201 g/mol. The summed E-state index contributed by atoms with van der Waals surface area (Å²) in [5.74, 6) is 1.41. The van der Waals surface area contributed by atoms with Gasteiger partial charge in [-0.15, -0.1) is 0 Å². The molecule has 0 spiro atoms. The Kier molecular flexibility index (Phi) is 1.84. The van der Waals surface area contributed by atoms with Gasteiger partial charge < -0.3 is 4.90 Å². The molecule has 2 heteroatoms. The maximum atomic E-state index is 11.9. The SMILES string of the molecule is CC(c1ccccc1)N1CC2CC2C1=O. The molecule has 0 bridgehead atoms. The van der Waals surface area contributed by atoms with Crippen LogP contribution in [-0.4, -0.2) is 17.4 Å². The number of carbonyl (C=O) groups is 1. The number of hydrogen-bond donors (Lipinski definition) is 0. The first-order chi connectivity index (χ1) is 7.27. The molecule has 78 valence electrons. The lowest BCUT2D eigenvalue weighted by molar-refractivity contribution is -0.131. The number of rotatable bonds is 2. The monoisotopic (exact) mass is 201 g/mol. The topological polar surface area (TPSA) is 20.3 Å². The van der Waals surface area contributed by atoms with Gasteiger partial charge >= 0.3 is 0 Å². The van der Waals surface area contributed by atoms with Crippen LogP contribution in [0.2, 0.25) is 0 Å². The molecule has 1 aromatic carbocycles. The van der Waals surface area contributed by atoms with Gasteiger partial charge in [-0.2, -0.15) is 0 Å². The highest BCUT2D eigenvalue weighted by Crippen LogP contribution is 2.48. The minimum atomic E-state index is 0.242. The summed E-state index contributed by atoms with van der Waals surface area (Å²) in [5, 5.41) is 0. The molecule has 15 heavy (non-hydrogen) atoms. The Labute approximate surface area is 89.9 Å². The van der Waals surface area contributed by atoms with E-state index in [4.69, 9.17) is 0 Å². The van der Waals surface area contributed by atoms with Crippen molar-refractivity contribution in [2.24, 2.45) is 11.8 Å². The lowest BCUT2D eigenvalue weighted by atomic mass is 10.1. The highest BCUT2D eigenvalue weighted by atomic mass is 16.2. The van der Waals surface area contributed by atoms with Crippen molar-refractivity contribution in [1.29, 1.82) is 0 Å². The molecule has 2 nitrogen and oxygen atoms in total. The summed E-state index contributed by atoms with van der Waals surface area (Å²) in [4.78, 5) is 13.9. The Bertz CT molecular complexity index is 387. The van der Waals surface area contributed by atoms with Crippen LogP contribution in [0.15, 0.2) is 30.3 Å². The fourth-order valence-electron chi connectivity index (χ4n) is 2.57. The molecule has 3 atom stereocenters. The van der Waals surface area contributed by atoms with E-state index in [2.05, 4.69) is 19.1 Å². The number of likely N-dealkylation sites (tertiary alicyclic amines) is 1. The summed E-state index contributed by atoms with van der Waals surface area (Å²) in [6.45, 7) is 3.09. The van der Waals surface area contributed by atoms with E-state index in [1.54, 1.807) is 0 Å². The molecule has 0 aromatic heterocycles. The van der Waals surface area contributed by atoms with E-state index in [0.29, 0.717) is 17.7 Å². The van der Waals surface area contributed by atoms with E-state index in [1.165, 1.54) is 5.56 Å². The second kappa shape index (κ2) is 3.09. The standard InChI is InChI=1S/C13H15NO/c1-9(10-5-3-2-4-6-10)14-8-11-7-12(11)13(14)15/h2-6,9,11-12H,7-8H2,1H3. The van der Waals surface area contributed by atoms with Gasteiger partial charge in [0.1, 0.15) is 0 Å². The second-order valence-corrected chi connectivity index (χ2v) is 4.68. The van der Waals surface area contributed by atoms with E-state index < -0.39 is 0 Å². The number of fused-ring (bicyclic) bond motifs is 1. The van der Waals surface area contributed by atoms with Crippen LogP contribution in [0.1, 0.15) is 24.9 Å². The number of nitrogens with zero attached hydrogens (tertiary/aromatic N) is 1. The predicted octanol–water partition coefficient (Wildman–Crippen LogP) is 2.23. The molecule has 1 aromatic rings. The Morgan fingerprint density at radius 2 is 2.07 bits per heavy atom. The second-order valence-electron chi connectivity index (χ2n) is 4.68. The molecule has 2 fully saturated rings. The lowest BCUT2D eigenvalue weighted by Gasteiger charge is -2.26. The van der Waals surface area contributed by atoms with Crippen molar-refractivity contribution in [1.82, 2.24) is 4.90 Å². The zero-order valence-electron chi connectivity index (χ0n) is 8.89. The molecule has 0 N–H and O–H groups in total. The maximum absolute atomic E-state index is 11.9. The summed E-state index contributed by atoms with van der Waals surface area (Å²) in [6, 6.07) is 10.5. The summed E-state index contributed by atoms with van der Waals surface area (Å²) < 4.78 is 0. The normalized spacial score (nSPS) is 30.2. The molecule has 1 saturated carbocycles. The van der Waals surface area contributed by atoms with E-state index in [0.717, 1.165) is 13.0 Å². The lowest BCUT2D eigenvalue weighted by Crippen LogP contribution is -2.31. The molecule has 1 aliphatic heterocycles. The van der Waals surface area contributed by atoms with Crippen LogP contribution < -0.4 is 0 Å². The van der Waals surface area contributed by atoms with Gasteiger partial charge in [0.05, 0.1) is 6.04 Å². The number of amides is 1. The molecular formula is C13H15NO. The van der Waals surface area contributed by atoms with Gasteiger partial charge in [-0.1, -0.05) is 30.3 Å². The smallest absolute Gasteiger partial charge is 0.226 e. The minimum Gasteiger partial charge on any atom is -0.335 e. The number of piperidine rings is 1. The first-order valence-corrected chi connectivity index (χ1v) is 5.63. The molecule has 1 saturated heterocycles. The molecule has 1 heterocycles. The summed E-state index contributed by atoms with van der Waals surface area (Å²) in [5.41, 5.74) is 1.24. The highest BCUT2D eigenvalue weighted by Gasteiger charge is 2.53. The molecule has 3 unspecified atom stereocenters. The maximum Gasteiger partial charge on any atom is 0.226 e. The summed E-state index contributed by atoms with van der Waals surface area (Å²) in [6.07, 6.45) is 1.14. The molecule has 1 amide bonds. The Morgan fingerprint density at radius 1 is 1.33 bits per heavy atom. The fraction of sp³-hybridized carbons (Fsp3) is 0.462. The molecule has 2 aliphatic rings. The molecule has 1 aliphatic carbocycles. The third-order valence-corrected chi connectivity index (χ3v) is 3.70. The molecule has 3 rings (SSSR count). The first-order valence-electron chi connectivity index (χ1n) is 5.63. The third kappa shape index (κ3) is 1.36. The van der Waals surface area contributed by atoms with Crippen molar-refractivity contribution in [3.8, 4) is 0 Å². The van der Waals surface area contributed by atoms with E-state index in [-0.39, 0.29) is 6.04 Å². The number of hydrogen-bond acceptors (Lipinski definition) is 1. The summed E-state index contributed by atoms with van der Waals surface area (Å²) >= 11 is 0. The molecular weight excluding hydrogens is 186 g/mol. The van der Waals surface area contributed by atoms with Crippen molar-refractivity contribution in [2.45, 2.75) is 19.4 Å². The van der Waals surface area contributed by atoms with Gasteiger partial charge in [-0.25, -0.2) is 0 Å². The van der Waals surface area contributed by atoms with Crippen LogP contribution in [0.5, 0.6) is 0 Å². The van der Waals surface area contributed by atoms with Crippen LogP contribution >= 0.6 is 0 Å². The Balaban J connectivity index is 1.81. The van der Waals surface area contributed by atoms with Gasteiger partial charge in [-0.05, 0) is 24.8 Å². The molecule has 0 radical (unpaired) electrons. The van der Waals surface area contributed by atoms with Crippen molar-refractivity contribution in [3.05, 3.63) is 35.9 Å². The number of carbonyl (C=O) groups excluding carboxylic acids is 1. The van der Waals surface area contributed by atoms with Gasteiger partial charge in [0, 0.05) is 12.5 Å². The quantitative estimate of drug-likeness (QED) is 0.718. The van der Waals surface area contributed by atoms with Crippen molar-refractivity contribution in [2.75, 3.05) is 6.54 Å². The van der Waals surface area contributed by atoms with Gasteiger partial charge in [-0.3, -0.25) is 4.79 Å². The Hall–Kier alpha value is -1.31. The van der Waals surface area contributed by atoms with Crippen molar-refractivity contribution in [3.63, 3.8) is 0 Å². The Morgan fingerprint density at radius 3 is 2.67 bits per heavy atom. The van der Waals surface area contributed by atoms with E-state index >= 15 is 0 Å². The van der Waals surface area contributed by atoms with Crippen LogP contribution in [0.25, 0.3) is 0 Å². The van der Waals surface area contributed by atoms with E-state index in [1.807, 2.05) is 23.1 Å². The summed E-state index contributed by atoms with van der Waals surface area (Å²) in [7, 11) is 0. The van der Waals surface area contributed by atoms with Gasteiger partial charge in [0.25, 0.3) is 0 Å². The number of benzene rings is 1. The van der Waals surface area contributed by atoms with Crippen LogP contribution in [0.3, 0.4) is 0 Å². The highest BCUT2D eigenvalue weighted by molar-refractivity contribution is 5.84. The van der Waals surface area contributed by atoms with Crippen LogP contribution in [0, 0.1) is 11.8 Å². The zero-order valence-corrected chi connectivity index (χ0v) is 8.89. The van der Waals surface area contributed by atoms with Crippen LogP contribution in [0.4, 0.5) is 0 Å². The van der Waals surface area contributed by atoms with Crippen LogP contribution in [-0.2, 0) is 4.79 Å². The minimum absolute atomic E-state index is 0.242. The van der Waals surface area contributed by atoms with Crippen molar-refractivity contribution < 1.29 is 4.79 Å². The van der Waals surface area contributed by atoms with E-state index in [9.17, 15) is 4.79 Å². The largest absolute Gasteiger partial charge is 0.335 e.